The molecule has 3 fully saturated rings. The molecule has 206 valence electrons. The minimum Gasteiger partial charge on any atom is -0.478 e. The van der Waals surface area contributed by atoms with E-state index in [0.29, 0.717) is 24.5 Å². The number of imidazole rings is 1. The third-order valence-corrected chi connectivity index (χ3v) is 8.67. The lowest BCUT2D eigenvalue weighted by molar-refractivity contribution is -0.137. The summed E-state index contributed by atoms with van der Waals surface area (Å²) in [6.45, 7) is 0. The number of hydrogen-bond acceptors (Lipinski definition) is 5. The highest BCUT2D eigenvalue weighted by Gasteiger charge is 2.49. The van der Waals surface area contributed by atoms with E-state index in [9.17, 15) is 27.9 Å². The highest BCUT2D eigenvalue weighted by molar-refractivity contribution is 6.02. The van der Waals surface area contributed by atoms with Crippen LogP contribution in [0.2, 0.25) is 0 Å². The molecular formula is C27H34F3N5O3. The number of carbonyl (C=O) groups excluding carboxylic acids is 1. The number of halogens is 3. The van der Waals surface area contributed by atoms with Crippen LogP contribution < -0.4 is 16.2 Å². The first-order chi connectivity index (χ1) is 18.2. The van der Waals surface area contributed by atoms with Crippen LogP contribution in [-0.2, 0) is 11.0 Å². The smallest absolute Gasteiger partial charge is 0.416 e. The lowest BCUT2D eigenvalue weighted by Gasteiger charge is -2.48. The molecule has 5 unspecified atom stereocenters. The zero-order valence-electron chi connectivity index (χ0n) is 21.1. The molecule has 0 bridgehead atoms. The number of hydrazine groups is 1. The molecule has 1 amide bonds. The SMILES string of the molecule is O=C(O)c1ccc(C(F)(F)F)cc1NC(=O)C1NNC(n2ccnc2)CC12CCCCCCC1CC1CC2. The Kier molecular flexibility index (Phi) is 7.50. The van der Waals surface area contributed by atoms with Crippen molar-refractivity contribution in [2.75, 3.05) is 5.32 Å². The number of fused-ring (bicyclic) bond motifs is 1. The minimum atomic E-state index is -4.67. The Morgan fingerprint density at radius 3 is 2.61 bits per heavy atom. The molecule has 1 aliphatic heterocycles. The quantitative estimate of drug-likeness (QED) is 0.421. The summed E-state index contributed by atoms with van der Waals surface area (Å²) in [5.41, 5.74) is 4.15. The van der Waals surface area contributed by atoms with Gasteiger partial charge in [0.15, 0.2) is 0 Å². The van der Waals surface area contributed by atoms with Crippen LogP contribution in [-0.4, -0.2) is 32.6 Å². The van der Waals surface area contributed by atoms with Gasteiger partial charge in [-0.15, -0.1) is 0 Å². The van der Waals surface area contributed by atoms with Crippen LogP contribution >= 0.6 is 0 Å². The number of rotatable bonds is 4. The van der Waals surface area contributed by atoms with Crippen molar-refractivity contribution in [3.8, 4) is 0 Å². The topological polar surface area (TPSA) is 108 Å². The van der Waals surface area contributed by atoms with Crippen LogP contribution in [0, 0.1) is 17.3 Å². The summed E-state index contributed by atoms with van der Waals surface area (Å²) in [6.07, 6.45) is 10.5. The first kappa shape index (κ1) is 26.7. The van der Waals surface area contributed by atoms with Crippen LogP contribution in [0.4, 0.5) is 18.9 Å². The van der Waals surface area contributed by atoms with Crippen molar-refractivity contribution in [3.05, 3.63) is 48.0 Å². The van der Waals surface area contributed by atoms with Gasteiger partial charge in [-0.1, -0.05) is 32.1 Å². The van der Waals surface area contributed by atoms with Crippen molar-refractivity contribution in [2.24, 2.45) is 17.3 Å². The Morgan fingerprint density at radius 2 is 1.87 bits per heavy atom. The number of nitrogens with zero attached hydrogens (tertiary/aromatic N) is 2. The second-order valence-electron chi connectivity index (χ2n) is 11.1. The molecule has 0 radical (unpaired) electrons. The Labute approximate surface area is 219 Å². The summed E-state index contributed by atoms with van der Waals surface area (Å²) >= 11 is 0. The Hall–Kier alpha value is -2.92. The standard InChI is InChI=1S/C27H34F3N5O3/c28-27(29,30)19-6-7-20(25(37)38)21(14-19)32-24(36)23-26(15-22(33-34-23)35-12-11-31-16-35)9-4-2-1-3-5-17-13-18(17)8-10-26/h6-7,11-12,14,16-18,22-23,33-34H,1-5,8-10,13,15H2,(H,32,36)(H,37,38). The molecule has 11 heteroatoms. The van der Waals surface area contributed by atoms with Gasteiger partial charge >= 0.3 is 12.1 Å². The number of alkyl halides is 3. The maximum absolute atomic E-state index is 13.8. The molecule has 38 heavy (non-hydrogen) atoms. The second kappa shape index (κ2) is 10.7. The molecular weight excluding hydrogens is 499 g/mol. The number of aromatic carboxylic acids is 1. The molecule has 1 spiro atoms. The molecule has 3 aliphatic rings. The monoisotopic (exact) mass is 533 g/mol. The van der Waals surface area contributed by atoms with E-state index in [1.165, 1.54) is 19.3 Å². The number of anilines is 1. The van der Waals surface area contributed by atoms with E-state index in [0.717, 1.165) is 50.5 Å². The van der Waals surface area contributed by atoms with Crippen LogP contribution in [0.3, 0.4) is 0 Å². The van der Waals surface area contributed by atoms with Crippen molar-refractivity contribution >= 4 is 17.6 Å². The van der Waals surface area contributed by atoms with Gasteiger partial charge in [0.2, 0.25) is 5.91 Å². The Morgan fingerprint density at radius 1 is 1.08 bits per heavy atom. The minimum absolute atomic E-state index is 0.148. The number of amides is 1. The average Bonchev–Trinajstić information content (AvgIpc) is 3.39. The van der Waals surface area contributed by atoms with Gasteiger partial charge in [0, 0.05) is 12.4 Å². The van der Waals surface area contributed by atoms with Gasteiger partial charge in [-0.25, -0.2) is 20.6 Å². The summed E-state index contributed by atoms with van der Waals surface area (Å²) in [4.78, 5) is 29.7. The molecule has 5 rings (SSSR count). The second-order valence-corrected chi connectivity index (χ2v) is 11.1. The maximum Gasteiger partial charge on any atom is 0.416 e. The van der Waals surface area contributed by atoms with Gasteiger partial charge in [0.05, 0.1) is 29.3 Å². The van der Waals surface area contributed by atoms with E-state index < -0.39 is 35.1 Å². The predicted octanol–water partition coefficient (Wildman–Crippen LogP) is 5.36. The normalized spacial score (nSPS) is 30.2. The van der Waals surface area contributed by atoms with Gasteiger partial charge in [0.1, 0.15) is 6.04 Å². The zero-order valence-corrected chi connectivity index (χ0v) is 21.1. The fourth-order valence-electron chi connectivity index (χ4n) is 6.42. The van der Waals surface area contributed by atoms with Crippen LogP contribution in [0.15, 0.2) is 36.9 Å². The molecule has 2 aliphatic carbocycles. The van der Waals surface area contributed by atoms with E-state index in [4.69, 9.17) is 0 Å². The number of carbonyl (C=O) groups is 2. The molecule has 2 heterocycles. The third-order valence-electron chi connectivity index (χ3n) is 8.67. The van der Waals surface area contributed by atoms with Crippen LogP contribution in [0.5, 0.6) is 0 Å². The number of carboxylic acids is 1. The summed E-state index contributed by atoms with van der Waals surface area (Å²) < 4.78 is 42.1. The molecule has 1 aromatic carbocycles. The number of benzene rings is 1. The van der Waals surface area contributed by atoms with E-state index >= 15 is 0 Å². The highest BCUT2D eigenvalue weighted by Crippen LogP contribution is 2.51. The summed E-state index contributed by atoms with van der Waals surface area (Å²) in [5.74, 6) is -0.545. The molecule has 5 atom stereocenters. The molecule has 1 aromatic heterocycles. The third kappa shape index (κ3) is 5.73. The van der Waals surface area contributed by atoms with Gasteiger partial charge in [-0.2, -0.15) is 13.2 Å². The van der Waals surface area contributed by atoms with E-state index in [-0.39, 0.29) is 17.4 Å². The first-order valence-corrected chi connectivity index (χ1v) is 13.4. The lowest BCUT2D eigenvalue weighted by Crippen LogP contribution is -2.63. The molecule has 2 saturated carbocycles. The summed E-state index contributed by atoms with van der Waals surface area (Å²) in [7, 11) is 0. The average molecular weight is 534 g/mol. The van der Waals surface area contributed by atoms with Crippen molar-refractivity contribution in [1.82, 2.24) is 20.4 Å². The van der Waals surface area contributed by atoms with Gasteiger partial charge < -0.3 is 15.0 Å². The molecule has 8 nitrogen and oxygen atoms in total. The fraction of sp³-hybridized carbons (Fsp3) is 0.593. The molecule has 1 saturated heterocycles. The zero-order chi connectivity index (χ0) is 26.9. The van der Waals surface area contributed by atoms with E-state index in [2.05, 4.69) is 21.2 Å². The highest BCUT2D eigenvalue weighted by atomic mass is 19.4. The van der Waals surface area contributed by atoms with E-state index in [1.807, 2.05) is 10.8 Å². The maximum atomic E-state index is 13.8. The predicted molar refractivity (Wildman–Crippen MR) is 134 cm³/mol. The van der Waals surface area contributed by atoms with Crippen molar-refractivity contribution in [3.63, 3.8) is 0 Å². The Bertz CT molecular complexity index is 1160. The molecule has 2 aromatic rings. The number of nitrogens with one attached hydrogen (secondary N) is 3. The van der Waals surface area contributed by atoms with Gasteiger partial charge in [0.25, 0.3) is 0 Å². The first-order valence-electron chi connectivity index (χ1n) is 13.4. The molecule has 4 N–H and O–H groups in total. The fourth-order valence-corrected chi connectivity index (χ4v) is 6.42. The van der Waals surface area contributed by atoms with Crippen LogP contribution in [0.25, 0.3) is 0 Å². The number of carboxylic acid groups (broad SMARTS) is 1. The van der Waals surface area contributed by atoms with Gasteiger partial charge in [-0.05, 0) is 67.6 Å². The lowest BCUT2D eigenvalue weighted by atomic mass is 9.67. The Balaban J connectivity index is 1.45. The van der Waals surface area contributed by atoms with Crippen LogP contribution in [0.1, 0.15) is 86.3 Å². The van der Waals surface area contributed by atoms with Crippen molar-refractivity contribution in [1.29, 1.82) is 0 Å². The van der Waals surface area contributed by atoms with Crippen molar-refractivity contribution < 1.29 is 27.9 Å². The van der Waals surface area contributed by atoms with Gasteiger partial charge in [-0.3, -0.25) is 4.79 Å². The van der Waals surface area contributed by atoms with Crippen molar-refractivity contribution in [2.45, 2.75) is 82.6 Å². The largest absolute Gasteiger partial charge is 0.478 e. The summed E-state index contributed by atoms with van der Waals surface area (Å²) in [5, 5.41) is 12.1. The van der Waals surface area contributed by atoms with E-state index in [1.54, 1.807) is 12.5 Å². The summed E-state index contributed by atoms with van der Waals surface area (Å²) in [6, 6.07) is 1.55. The number of hydrogen-bond donors (Lipinski definition) is 4. The number of aromatic nitrogens is 2.